The van der Waals surface area contributed by atoms with Gasteiger partial charge in [-0.25, -0.2) is 4.98 Å². The van der Waals surface area contributed by atoms with Gasteiger partial charge in [-0.1, -0.05) is 12.1 Å². The Morgan fingerprint density at radius 1 is 1.13 bits per heavy atom. The predicted octanol–water partition coefficient (Wildman–Crippen LogP) is 3.81. The third kappa shape index (κ3) is 2.09. The van der Waals surface area contributed by atoms with E-state index < -0.39 is 0 Å². The van der Waals surface area contributed by atoms with Gasteiger partial charge in [0.1, 0.15) is 11.9 Å². The SMILES string of the molecule is Cc1cc(Nc2ccncc2)n2c(nc3ccccc32)c1C#N. The molecule has 0 saturated heterocycles. The molecule has 5 heteroatoms. The maximum absolute atomic E-state index is 9.49. The molecule has 0 amide bonds. The van der Waals surface area contributed by atoms with Gasteiger partial charge in [0.05, 0.1) is 16.6 Å². The van der Waals surface area contributed by atoms with Crippen LogP contribution in [0.25, 0.3) is 16.7 Å². The van der Waals surface area contributed by atoms with Gasteiger partial charge in [0.15, 0.2) is 5.65 Å². The van der Waals surface area contributed by atoms with E-state index in [2.05, 4.69) is 21.4 Å². The van der Waals surface area contributed by atoms with E-state index in [0.29, 0.717) is 11.2 Å². The van der Waals surface area contributed by atoms with Gasteiger partial charge in [0, 0.05) is 18.1 Å². The van der Waals surface area contributed by atoms with Crippen molar-refractivity contribution in [2.45, 2.75) is 6.92 Å². The van der Waals surface area contributed by atoms with Crippen LogP contribution in [-0.2, 0) is 0 Å². The Kier molecular flexibility index (Phi) is 2.95. The van der Waals surface area contributed by atoms with Gasteiger partial charge in [-0.05, 0) is 42.8 Å². The molecule has 5 nitrogen and oxygen atoms in total. The monoisotopic (exact) mass is 299 g/mol. The van der Waals surface area contributed by atoms with E-state index in [9.17, 15) is 5.26 Å². The van der Waals surface area contributed by atoms with E-state index >= 15 is 0 Å². The highest BCUT2D eigenvalue weighted by Crippen LogP contribution is 2.28. The summed E-state index contributed by atoms with van der Waals surface area (Å²) in [4.78, 5) is 8.67. The topological polar surface area (TPSA) is 66.0 Å². The molecular weight excluding hydrogens is 286 g/mol. The quantitative estimate of drug-likeness (QED) is 0.611. The summed E-state index contributed by atoms with van der Waals surface area (Å²) in [6.07, 6.45) is 3.48. The Bertz CT molecular complexity index is 1060. The Balaban J connectivity index is 2.05. The number of hydrogen-bond acceptors (Lipinski definition) is 4. The predicted molar refractivity (Wildman–Crippen MR) is 89.7 cm³/mol. The minimum absolute atomic E-state index is 0.599. The summed E-state index contributed by atoms with van der Waals surface area (Å²) in [6.45, 7) is 1.93. The van der Waals surface area contributed by atoms with Crippen LogP contribution in [0.2, 0.25) is 0 Å². The number of nitriles is 1. The van der Waals surface area contributed by atoms with E-state index in [1.54, 1.807) is 12.4 Å². The molecule has 0 spiro atoms. The van der Waals surface area contributed by atoms with Crippen LogP contribution in [0.5, 0.6) is 0 Å². The Morgan fingerprint density at radius 3 is 2.70 bits per heavy atom. The number of nitrogens with one attached hydrogen (secondary N) is 1. The maximum atomic E-state index is 9.49. The number of nitrogens with zero attached hydrogens (tertiary/aromatic N) is 4. The first-order chi connectivity index (χ1) is 11.3. The number of pyridine rings is 2. The van der Waals surface area contributed by atoms with Crippen LogP contribution in [0.15, 0.2) is 54.9 Å². The fourth-order valence-electron chi connectivity index (χ4n) is 2.77. The van der Waals surface area contributed by atoms with Crippen molar-refractivity contribution in [3.63, 3.8) is 0 Å². The largest absolute Gasteiger partial charge is 0.341 e. The lowest BCUT2D eigenvalue weighted by Gasteiger charge is -2.12. The first-order valence-electron chi connectivity index (χ1n) is 7.26. The van der Waals surface area contributed by atoms with Gasteiger partial charge in [-0.3, -0.25) is 9.38 Å². The van der Waals surface area contributed by atoms with Crippen LogP contribution in [0.1, 0.15) is 11.1 Å². The Labute approximate surface area is 132 Å². The van der Waals surface area contributed by atoms with Gasteiger partial charge in [0.25, 0.3) is 0 Å². The molecule has 0 fully saturated rings. The maximum Gasteiger partial charge on any atom is 0.157 e. The second-order valence-electron chi connectivity index (χ2n) is 5.32. The van der Waals surface area contributed by atoms with Gasteiger partial charge in [0.2, 0.25) is 0 Å². The minimum atomic E-state index is 0.599. The average Bonchev–Trinajstić information content (AvgIpc) is 2.95. The third-order valence-corrected chi connectivity index (χ3v) is 3.84. The number of aryl methyl sites for hydroxylation is 1. The highest BCUT2D eigenvalue weighted by Gasteiger charge is 2.14. The van der Waals surface area contributed by atoms with Crippen LogP contribution in [0, 0.1) is 18.3 Å². The number of anilines is 2. The lowest BCUT2D eigenvalue weighted by Crippen LogP contribution is -2.02. The molecule has 0 bridgehead atoms. The zero-order valence-electron chi connectivity index (χ0n) is 12.5. The van der Waals surface area contributed by atoms with Crippen molar-refractivity contribution in [1.29, 1.82) is 5.26 Å². The summed E-state index contributed by atoms with van der Waals surface area (Å²) in [7, 11) is 0. The van der Waals surface area contributed by atoms with E-state index in [1.165, 1.54) is 0 Å². The van der Waals surface area contributed by atoms with Gasteiger partial charge < -0.3 is 5.32 Å². The first-order valence-corrected chi connectivity index (χ1v) is 7.26. The van der Waals surface area contributed by atoms with Crippen LogP contribution >= 0.6 is 0 Å². The molecule has 1 aromatic carbocycles. The number of hydrogen-bond donors (Lipinski definition) is 1. The van der Waals surface area contributed by atoms with Crippen LogP contribution in [0.3, 0.4) is 0 Å². The highest BCUT2D eigenvalue weighted by atomic mass is 15.1. The van der Waals surface area contributed by atoms with Gasteiger partial charge in [-0.2, -0.15) is 5.26 Å². The molecule has 0 radical (unpaired) electrons. The second-order valence-corrected chi connectivity index (χ2v) is 5.32. The van der Waals surface area contributed by atoms with Gasteiger partial charge in [-0.15, -0.1) is 0 Å². The fourth-order valence-corrected chi connectivity index (χ4v) is 2.77. The molecular formula is C18H13N5. The van der Waals surface area contributed by atoms with Crippen molar-refractivity contribution < 1.29 is 0 Å². The second kappa shape index (κ2) is 5.11. The van der Waals surface area contributed by atoms with Crippen molar-refractivity contribution in [3.8, 4) is 6.07 Å². The first kappa shape index (κ1) is 13.3. The van der Waals surface area contributed by atoms with Crippen molar-refractivity contribution in [3.05, 3.63) is 66.0 Å². The molecule has 4 rings (SSSR count). The number of fused-ring (bicyclic) bond motifs is 3. The lowest BCUT2D eigenvalue weighted by molar-refractivity contribution is 1.18. The average molecular weight is 299 g/mol. The van der Waals surface area contributed by atoms with E-state index in [1.807, 2.05) is 53.8 Å². The summed E-state index contributed by atoms with van der Waals surface area (Å²) in [5.41, 5.74) is 4.93. The van der Waals surface area contributed by atoms with E-state index in [0.717, 1.165) is 28.1 Å². The van der Waals surface area contributed by atoms with E-state index in [4.69, 9.17) is 0 Å². The van der Waals surface area contributed by atoms with Crippen LogP contribution < -0.4 is 5.32 Å². The molecule has 23 heavy (non-hydrogen) atoms. The zero-order chi connectivity index (χ0) is 15.8. The number of aromatic nitrogens is 3. The van der Waals surface area contributed by atoms with Gasteiger partial charge >= 0.3 is 0 Å². The minimum Gasteiger partial charge on any atom is -0.341 e. The number of para-hydroxylation sites is 2. The number of imidazole rings is 1. The summed E-state index contributed by atoms with van der Waals surface area (Å²) >= 11 is 0. The molecule has 4 aromatic rings. The standard InChI is InChI=1S/C18H13N5/c1-12-10-17(21-13-6-8-20-9-7-13)23-16-5-3-2-4-15(16)22-18(23)14(12)11-19/h2-10H,1H3,(H,20,21). The fraction of sp³-hybridized carbons (Fsp3) is 0.0556. The smallest absolute Gasteiger partial charge is 0.157 e. The molecule has 110 valence electrons. The summed E-state index contributed by atoms with van der Waals surface area (Å²) in [5, 5.41) is 12.9. The number of benzene rings is 1. The third-order valence-electron chi connectivity index (χ3n) is 3.84. The van der Waals surface area contributed by atoms with E-state index in [-0.39, 0.29) is 0 Å². The molecule has 0 aliphatic rings. The molecule has 0 aliphatic carbocycles. The number of rotatable bonds is 2. The van der Waals surface area contributed by atoms with Crippen molar-refractivity contribution in [2.24, 2.45) is 0 Å². The Morgan fingerprint density at radius 2 is 1.91 bits per heavy atom. The molecule has 0 unspecified atom stereocenters. The lowest BCUT2D eigenvalue weighted by atomic mass is 10.1. The molecule has 0 aliphatic heterocycles. The van der Waals surface area contributed by atoms with Crippen molar-refractivity contribution in [1.82, 2.24) is 14.4 Å². The molecule has 0 atom stereocenters. The molecule has 3 aromatic heterocycles. The summed E-state index contributed by atoms with van der Waals surface area (Å²) < 4.78 is 1.99. The van der Waals surface area contributed by atoms with Crippen LogP contribution in [0.4, 0.5) is 11.5 Å². The van der Waals surface area contributed by atoms with Crippen LogP contribution in [-0.4, -0.2) is 14.4 Å². The molecule has 3 heterocycles. The highest BCUT2D eigenvalue weighted by molar-refractivity contribution is 5.85. The zero-order valence-corrected chi connectivity index (χ0v) is 12.5. The van der Waals surface area contributed by atoms with Crippen molar-refractivity contribution in [2.75, 3.05) is 5.32 Å². The Hall–Kier alpha value is -3.39. The summed E-state index contributed by atoms with van der Waals surface area (Å²) in [5.74, 6) is 0.872. The summed E-state index contributed by atoms with van der Waals surface area (Å²) in [6, 6.07) is 15.9. The molecule has 0 saturated carbocycles. The normalized spacial score (nSPS) is 10.8. The van der Waals surface area contributed by atoms with Crippen molar-refractivity contribution >= 4 is 28.2 Å². The molecule has 1 N–H and O–H groups in total.